The molecule has 0 aliphatic heterocycles. The number of hydrogen-bond donors (Lipinski definition) is 2. The van der Waals surface area contributed by atoms with Crippen LogP contribution in [0.2, 0.25) is 10.0 Å². The van der Waals surface area contributed by atoms with Gasteiger partial charge in [0.15, 0.2) is 0 Å². The highest BCUT2D eigenvalue weighted by Crippen LogP contribution is 2.28. The van der Waals surface area contributed by atoms with Gasteiger partial charge in [-0.2, -0.15) is 0 Å². The first-order valence-electron chi connectivity index (χ1n) is 7.11. The van der Waals surface area contributed by atoms with Crippen molar-refractivity contribution in [3.05, 3.63) is 28.2 Å². The molecule has 7 heteroatoms. The van der Waals surface area contributed by atoms with Crippen molar-refractivity contribution in [2.45, 2.75) is 43.0 Å². The van der Waals surface area contributed by atoms with E-state index in [1.807, 2.05) is 0 Å². The molecule has 118 valence electrons. The number of benzene rings is 1. The highest BCUT2D eigenvalue weighted by Gasteiger charge is 2.27. The van der Waals surface area contributed by atoms with Crippen molar-refractivity contribution in [3.63, 3.8) is 0 Å². The van der Waals surface area contributed by atoms with Crippen LogP contribution in [0, 0.1) is 5.92 Å². The number of sulfonamides is 1. The first kappa shape index (κ1) is 17.0. The van der Waals surface area contributed by atoms with Crippen LogP contribution in [0.5, 0.6) is 0 Å². The van der Waals surface area contributed by atoms with Crippen molar-refractivity contribution >= 4 is 33.2 Å². The Morgan fingerprint density at radius 2 is 1.71 bits per heavy atom. The van der Waals surface area contributed by atoms with Gasteiger partial charge < -0.3 is 5.73 Å². The van der Waals surface area contributed by atoms with E-state index in [9.17, 15) is 8.42 Å². The predicted octanol–water partition coefficient (Wildman–Crippen LogP) is 3.18. The van der Waals surface area contributed by atoms with Crippen molar-refractivity contribution in [1.82, 2.24) is 4.72 Å². The summed E-state index contributed by atoms with van der Waals surface area (Å²) >= 11 is 11.7. The first-order chi connectivity index (χ1) is 9.92. The third-order valence-electron chi connectivity index (χ3n) is 3.93. The summed E-state index contributed by atoms with van der Waals surface area (Å²) < 4.78 is 27.6. The molecule has 4 nitrogen and oxygen atoms in total. The number of hydrogen-bond acceptors (Lipinski definition) is 3. The van der Waals surface area contributed by atoms with E-state index >= 15 is 0 Å². The Bertz CT molecular complexity index is 566. The van der Waals surface area contributed by atoms with Crippen LogP contribution in [-0.2, 0) is 10.0 Å². The van der Waals surface area contributed by atoms with Crippen LogP contribution in [0.1, 0.15) is 32.1 Å². The average Bonchev–Trinajstić information content (AvgIpc) is 2.45. The quantitative estimate of drug-likeness (QED) is 0.856. The van der Waals surface area contributed by atoms with Gasteiger partial charge in [-0.15, -0.1) is 0 Å². The van der Waals surface area contributed by atoms with Gasteiger partial charge in [0.05, 0.1) is 4.90 Å². The molecule has 0 heterocycles. The fourth-order valence-corrected chi connectivity index (χ4v) is 4.87. The van der Waals surface area contributed by atoms with Gasteiger partial charge in [0.25, 0.3) is 0 Å². The van der Waals surface area contributed by atoms with E-state index in [4.69, 9.17) is 28.9 Å². The lowest BCUT2D eigenvalue weighted by Gasteiger charge is -2.29. The Morgan fingerprint density at radius 1 is 1.14 bits per heavy atom. The zero-order valence-electron chi connectivity index (χ0n) is 11.7. The summed E-state index contributed by atoms with van der Waals surface area (Å²) in [5, 5.41) is 0.592. The SMILES string of the molecule is NCC(NS(=O)(=O)c1cc(Cl)cc(Cl)c1)C1CCCCC1. The molecule has 1 unspecified atom stereocenters. The predicted molar refractivity (Wildman–Crippen MR) is 86.2 cm³/mol. The third kappa shape index (κ3) is 4.57. The molecule has 0 aromatic heterocycles. The van der Waals surface area contributed by atoms with Crippen molar-refractivity contribution in [3.8, 4) is 0 Å². The van der Waals surface area contributed by atoms with Crippen molar-refractivity contribution < 1.29 is 8.42 Å². The number of rotatable bonds is 5. The van der Waals surface area contributed by atoms with Gasteiger partial charge in [0.1, 0.15) is 0 Å². The maximum atomic E-state index is 12.5. The third-order valence-corrected chi connectivity index (χ3v) is 5.83. The van der Waals surface area contributed by atoms with Gasteiger partial charge in [-0.3, -0.25) is 0 Å². The summed E-state index contributed by atoms with van der Waals surface area (Å²) in [5.41, 5.74) is 5.77. The van der Waals surface area contributed by atoms with Gasteiger partial charge >= 0.3 is 0 Å². The second kappa shape index (κ2) is 7.29. The highest BCUT2D eigenvalue weighted by atomic mass is 35.5. The summed E-state index contributed by atoms with van der Waals surface area (Å²) in [4.78, 5) is 0.0780. The minimum atomic E-state index is -3.66. The molecule has 0 bridgehead atoms. The zero-order chi connectivity index (χ0) is 15.5. The monoisotopic (exact) mass is 350 g/mol. The molecule has 1 aliphatic rings. The summed E-state index contributed by atoms with van der Waals surface area (Å²) in [6.45, 7) is 0.290. The van der Waals surface area contributed by atoms with Crippen molar-refractivity contribution in [2.75, 3.05) is 6.54 Å². The van der Waals surface area contributed by atoms with Gasteiger partial charge in [0, 0.05) is 22.6 Å². The highest BCUT2D eigenvalue weighted by molar-refractivity contribution is 7.89. The first-order valence-corrected chi connectivity index (χ1v) is 9.35. The molecule has 1 aromatic rings. The smallest absolute Gasteiger partial charge is 0.240 e. The van der Waals surface area contributed by atoms with E-state index in [-0.39, 0.29) is 17.5 Å². The van der Waals surface area contributed by atoms with Crippen LogP contribution < -0.4 is 10.5 Å². The van der Waals surface area contributed by atoms with Crippen LogP contribution in [0.15, 0.2) is 23.1 Å². The molecule has 1 aliphatic carbocycles. The van der Waals surface area contributed by atoms with E-state index in [1.165, 1.54) is 24.6 Å². The van der Waals surface area contributed by atoms with E-state index in [0.29, 0.717) is 16.0 Å². The summed E-state index contributed by atoms with van der Waals surface area (Å²) in [6.07, 6.45) is 5.50. The molecule has 1 atom stereocenters. The Kier molecular flexibility index (Phi) is 5.91. The van der Waals surface area contributed by atoms with E-state index < -0.39 is 10.0 Å². The molecular weight excluding hydrogens is 331 g/mol. The number of nitrogens with one attached hydrogen (secondary N) is 1. The van der Waals surface area contributed by atoms with Crippen LogP contribution >= 0.6 is 23.2 Å². The average molecular weight is 351 g/mol. The summed E-state index contributed by atoms with van der Waals surface area (Å²) in [5.74, 6) is 0.299. The normalized spacial score (nSPS) is 18.6. The van der Waals surface area contributed by atoms with Gasteiger partial charge in [-0.05, 0) is 37.0 Å². The van der Waals surface area contributed by atoms with Crippen molar-refractivity contribution in [1.29, 1.82) is 0 Å². The van der Waals surface area contributed by atoms with Gasteiger partial charge in [-0.1, -0.05) is 42.5 Å². The van der Waals surface area contributed by atoms with Gasteiger partial charge in [0.2, 0.25) is 10.0 Å². The van der Waals surface area contributed by atoms with Crippen LogP contribution in [0.3, 0.4) is 0 Å². The van der Waals surface area contributed by atoms with Gasteiger partial charge in [-0.25, -0.2) is 13.1 Å². The zero-order valence-corrected chi connectivity index (χ0v) is 14.0. The van der Waals surface area contributed by atoms with Crippen LogP contribution in [-0.4, -0.2) is 21.0 Å². The lowest BCUT2D eigenvalue weighted by atomic mass is 9.84. The molecule has 1 aromatic carbocycles. The second-order valence-electron chi connectivity index (χ2n) is 5.47. The Labute approximate surface area is 136 Å². The summed E-state index contributed by atoms with van der Waals surface area (Å²) in [6, 6.07) is 4.05. The molecule has 1 fully saturated rings. The van der Waals surface area contributed by atoms with Crippen LogP contribution in [0.25, 0.3) is 0 Å². The fourth-order valence-electron chi connectivity index (χ4n) is 2.82. The molecule has 0 radical (unpaired) electrons. The topological polar surface area (TPSA) is 72.2 Å². The standard InChI is InChI=1S/C14H20Cl2N2O2S/c15-11-6-12(16)8-13(7-11)21(19,20)18-14(9-17)10-4-2-1-3-5-10/h6-8,10,14,18H,1-5,9,17H2. The lowest BCUT2D eigenvalue weighted by Crippen LogP contribution is -2.45. The largest absolute Gasteiger partial charge is 0.329 e. The van der Waals surface area contributed by atoms with E-state index in [1.54, 1.807) is 0 Å². The molecule has 0 spiro atoms. The van der Waals surface area contributed by atoms with E-state index in [0.717, 1.165) is 25.7 Å². The Hall–Kier alpha value is -0.330. The maximum Gasteiger partial charge on any atom is 0.240 e. The summed E-state index contributed by atoms with van der Waals surface area (Å²) in [7, 11) is -3.66. The Morgan fingerprint density at radius 3 is 2.24 bits per heavy atom. The minimum absolute atomic E-state index is 0.0780. The van der Waals surface area contributed by atoms with E-state index in [2.05, 4.69) is 4.72 Å². The molecule has 1 saturated carbocycles. The molecule has 3 N–H and O–H groups in total. The lowest BCUT2D eigenvalue weighted by molar-refractivity contribution is 0.294. The molecule has 2 rings (SSSR count). The number of nitrogens with two attached hydrogens (primary N) is 1. The minimum Gasteiger partial charge on any atom is -0.329 e. The molecule has 0 saturated heterocycles. The van der Waals surface area contributed by atoms with Crippen LogP contribution in [0.4, 0.5) is 0 Å². The Balaban J connectivity index is 2.18. The molecule has 21 heavy (non-hydrogen) atoms. The maximum absolute atomic E-state index is 12.5. The fraction of sp³-hybridized carbons (Fsp3) is 0.571. The molecule has 0 amide bonds. The molecular formula is C14H20Cl2N2O2S. The second-order valence-corrected chi connectivity index (χ2v) is 8.05. The van der Waals surface area contributed by atoms with Crippen molar-refractivity contribution in [2.24, 2.45) is 11.7 Å². The number of halogens is 2.